The summed E-state index contributed by atoms with van der Waals surface area (Å²) in [4.78, 5) is 12.5. The second kappa shape index (κ2) is 5.32. The van der Waals surface area contributed by atoms with Gasteiger partial charge in [-0.15, -0.1) is 0 Å². The van der Waals surface area contributed by atoms with Crippen LogP contribution in [0.15, 0.2) is 0 Å². The van der Waals surface area contributed by atoms with Crippen molar-refractivity contribution in [1.29, 1.82) is 0 Å². The quantitative estimate of drug-likeness (QED) is 0.733. The predicted molar refractivity (Wildman–Crippen MR) is 96.5 cm³/mol. The summed E-state index contributed by atoms with van der Waals surface area (Å²) in [5.74, 6) is -0.315. The molecule has 4 aliphatic carbocycles. The van der Waals surface area contributed by atoms with Crippen molar-refractivity contribution in [2.24, 2.45) is 40.4 Å². The van der Waals surface area contributed by atoms with Crippen molar-refractivity contribution in [3.05, 3.63) is 0 Å². The molecular formula is C22H36O2. The molecule has 2 heteroatoms. The number of ketones is 1. The van der Waals surface area contributed by atoms with Gasteiger partial charge >= 0.3 is 0 Å². The maximum Gasteiger partial charge on any atom is 0.133 e. The van der Waals surface area contributed by atoms with Gasteiger partial charge < -0.3 is 5.11 Å². The van der Waals surface area contributed by atoms with Gasteiger partial charge in [-0.2, -0.15) is 0 Å². The molecule has 0 unspecified atom stereocenters. The molecule has 24 heavy (non-hydrogen) atoms. The summed E-state index contributed by atoms with van der Waals surface area (Å²) in [6.07, 6.45) is 5.30. The lowest BCUT2D eigenvalue weighted by molar-refractivity contribution is -0.150. The SMILES string of the molecule is [2H]C1([2H])C[C@H]2[C@@H]3CC[C@H]4C[C@](C)(O)CC[C@]4(C)[C@H]3CC[C@]2(C)[C@@]1([2H])C(C)=O. The Labute approximate surface area is 152 Å². The van der Waals surface area contributed by atoms with Crippen molar-refractivity contribution in [3.8, 4) is 0 Å². The van der Waals surface area contributed by atoms with E-state index in [-0.39, 0.29) is 17.1 Å². The topological polar surface area (TPSA) is 37.3 Å². The van der Waals surface area contributed by atoms with Crippen molar-refractivity contribution in [2.45, 2.75) is 91.0 Å². The lowest BCUT2D eigenvalue weighted by atomic mass is 9.44. The van der Waals surface area contributed by atoms with E-state index in [1.807, 2.05) is 13.8 Å². The standard InChI is InChI=1S/C22H36O2/c1-14(23)17-7-8-18-16-6-5-15-13-20(2,24)11-12-21(15,3)19(16)9-10-22(17,18)4/h15-19,24H,5-13H2,1-4H3/t15-,16-,17+,18-,19-,20+,21-,22+/m0/s1/i7D2,17D. The smallest absolute Gasteiger partial charge is 0.133 e. The monoisotopic (exact) mass is 335 g/mol. The molecule has 4 aliphatic rings. The molecule has 4 fully saturated rings. The highest BCUT2D eigenvalue weighted by molar-refractivity contribution is 5.79. The zero-order valence-corrected chi connectivity index (χ0v) is 15.8. The van der Waals surface area contributed by atoms with Crippen LogP contribution in [0.1, 0.15) is 89.5 Å². The highest BCUT2D eigenvalue weighted by Crippen LogP contribution is 2.68. The average molecular weight is 336 g/mol. The summed E-state index contributed by atoms with van der Waals surface area (Å²) in [6.45, 7) is 7.84. The van der Waals surface area contributed by atoms with Crippen LogP contribution in [0.3, 0.4) is 0 Å². The van der Waals surface area contributed by atoms with Crippen molar-refractivity contribution in [2.75, 3.05) is 0 Å². The van der Waals surface area contributed by atoms with E-state index in [0.717, 1.165) is 44.9 Å². The Morgan fingerprint density at radius 2 is 1.75 bits per heavy atom. The Bertz CT molecular complexity index is 662. The Morgan fingerprint density at radius 1 is 1.04 bits per heavy atom. The first kappa shape index (κ1) is 13.8. The molecule has 8 atom stereocenters. The van der Waals surface area contributed by atoms with Gasteiger partial charge in [-0.25, -0.2) is 0 Å². The lowest BCUT2D eigenvalue weighted by Crippen LogP contribution is -2.55. The first-order chi connectivity index (χ1) is 12.3. The molecule has 0 aromatic carbocycles. The van der Waals surface area contributed by atoms with Gasteiger partial charge in [-0.3, -0.25) is 4.79 Å². The molecule has 136 valence electrons. The first-order valence-electron chi connectivity index (χ1n) is 11.5. The van der Waals surface area contributed by atoms with Gasteiger partial charge in [-0.1, -0.05) is 13.8 Å². The third-order valence-electron chi connectivity index (χ3n) is 8.77. The predicted octanol–water partition coefficient (Wildman–Crippen LogP) is 4.99. The van der Waals surface area contributed by atoms with E-state index in [4.69, 9.17) is 4.11 Å². The van der Waals surface area contributed by atoms with E-state index in [1.165, 1.54) is 6.92 Å². The molecule has 1 N–H and O–H groups in total. The van der Waals surface area contributed by atoms with E-state index in [1.54, 1.807) is 0 Å². The Kier molecular flexibility index (Phi) is 3.05. The van der Waals surface area contributed by atoms with Gasteiger partial charge in [0.05, 0.1) is 5.60 Å². The summed E-state index contributed by atoms with van der Waals surface area (Å²) in [5, 5.41) is 10.6. The largest absolute Gasteiger partial charge is 0.390 e. The first-order valence-corrected chi connectivity index (χ1v) is 10.0. The molecule has 0 amide bonds. The fourth-order valence-electron chi connectivity index (χ4n) is 7.38. The molecule has 2 nitrogen and oxygen atoms in total. The molecule has 0 aromatic heterocycles. The summed E-state index contributed by atoms with van der Waals surface area (Å²) in [6, 6.07) is 0. The number of hydrogen-bond acceptors (Lipinski definition) is 2. The van der Waals surface area contributed by atoms with Crippen LogP contribution >= 0.6 is 0 Å². The summed E-state index contributed by atoms with van der Waals surface area (Å²) in [7, 11) is 0. The van der Waals surface area contributed by atoms with E-state index < -0.39 is 23.3 Å². The molecule has 0 radical (unpaired) electrons. The number of aliphatic hydroxyl groups is 1. The summed E-state index contributed by atoms with van der Waals surface area (Å²) in [5.41, 5.74) is -0.897. The Hall–Kier alpha value is -0.370. The fourth-order valence-corrected chi connectivity index (χ4v) is 7.38. The fraction of sp³-hybridized carbons (Fsp3) is 0.955. The number of rotatable bonds is 1. The molecule has 4 rings (SSSR count). The van der Waals surface area contributed by atoms with Gasteiger partial charge in [0, 0.05) is 10.0 Å². The normalized spacial score (nSPS) is 64.0. The van der Waals surface area contributed by atoms with Gasteiger partial charge in [0.1, 0.15) is 5.78 Å². The minimum absolute atomic E-state index is 0.118. The minimum Gasteiger partial charge on any atom is -0.390 e. The molecule has 0 aliphatic heterocycles. The zero-order chi connectivity index (χ0) is 20.0. The number of carbonyl (C=O) groups is 1. The van der Waals surface area contributed by atoms with E-state index in [2.05, 4.69) is 6.92 Å². The van der Waals surface area contributed by atoms with Crippen LogP contribution in [0.4, 0.5) is 0 Å². The minimum atomic E-state index is -1.75. The number of fused-ring (bicyclic) bond motifs is 5. The average Bonchev–Trinajstić information content (AvgIpc) is 2.73. The maximum atomic E-state index is 12.5. The van der Waals surface area contributed by atoms with Crippen LogP contribution in [-0.2, 0) is 4.79 Å². The second-order valence-corrected chi connectivity index (χ2v) is 10.1. The van der Waals surface area contributed by atoms with Crippen molar-refractivity contribution < 1.29 is 14.0 Å². The third kappa shape index (κ3) is 2.27. The Morgan fingerprint density at radius 3 is 2.46 bits per heavy atom. The maximum absolute atomic E-state index is 12.5. The molecule has 0 heterocycles. The number of carbonyl (C=O) groups excluding carboxylic acids is 1. The Balaban J connectivity index is 1.70. The molecule has 0 saturated heterocycles. The third-order valence-corrected chi connectivity index (χ3v) is 8.77. The van der Waals surface area contributed by atoms with Gasteiger partial charge in [0.2, 0.25) is 0 Å². The van der Waals surface area contributed by atoms with Crippen molar-refractivity contribution in [1.82, 2.24) is 0 Å². The van der Waals surface area contributed by atoms with Crippen LogP contribution in [0.2, 0.25) is 0 Å². The van der Waals surface area contributed by atoms with Crippen LogP contribution in [0.5, 0.6) is 0 Å². The number of hydrogen-bond donors (Lipinski definition) is 1. The van der Waals surface area contributed by atoms with Crippen LogP contribution in [-0.4, -0.2) is 16.5 Å². The van der Waals surface area contributed by atoms with E-state index in [0.29, 0.717) is 24.2 Å². The van der Waals surface area contributed by atoms with Crippen LogP contribution < -0.4 is 0 Å². The zero-order valence-electron chi connectivity index (χ0n) is 18.8. The van der Waals surface area contributed by atoms with Gasteiger partial charge in [0.25, 0.3) is 0 Å². The summed E-state index contributed by atoms with van der Waals surface area (Å²) >= 11 is 0. The van der Waals surface area contributed by atoms with Crippen molar-refractivity contribution >= 4 is 5.78 Å². The van der Waals surface area contributed by atoms with Crippen LogP contribution in [0.25, 0.3) is 0 Å². The van der Waals surface area contributed by atoms with E-state index >= 15 is 0 Å². The second-order valence-electron chi connectivity index (χ2n) is 10.1. The molecule has 0 aromatic rings. The molecule has 0 spiro atoms. The molecule has 0 bridgehead atoms. The number of Topliss-reactive ketones (excluding diaryl/α,β-unsaturated/α-hetero) is 1. The summed E-state index contributed by atoms with van der Waals surface area (Å²) < 4.78 is 26.2. The molecule has 4 saturated carbocycles. The highest BCUT2D eigenvalue weighted by atomic mass is 16.3. The van der Waals surface area contributed by atoms with Gasteiger partial charge in [-0.05, 0) is 106 Å². The van der Waals surface area contributed by atoms with E-state index in [9.17, 15) is 9.90 Å². The van der Waals surface area contributed by atoms with Gasteiger partial charge in [0.15, 0.2) is 0 Å². The lowest BCUT2D eigenvalue weighted by Gasteiger charge is -2.61. The van der Waals surface area contributed by atoms with Crippen molar-refractivity contribution in [3.63, 3.8) is 0 Å². The molecular weight excluding hydrogens is 296 g/mol. The highest BCUT2D eigenvalue weighted by Gasteiger charge is 2.61. The van der Waals surface area contributed by atoms with Crippen LogP contribution in [0, 0.1) is 40.4 Å².